The van der Waals surface area contributed by atoms with E-state index in [4.69, 9.17) is 0 Å². The van der Waals surface area contributed by atoms with Crippen molar-refractivity contribution in [1.29, 1.82) is 0 Å². The van der Waals surface area contributed by atoms with E-state index in [0.29, 0.717) is 24.2 Å². The van der Waals surface area contributed by atoms with Crippen LogP contribution in [0.25, 0.3) is 0 Å². The minimum atomic E-state index is -0.451. The average molecular weight is 323 g/mol. The highest BCUT2D eigenvalue weighted by molar-refractivity contribution is 6.20. The summed E-state index contributed by atoms with van der Waals surface area (Å²) >= 11 is 0. The SMILES string of the molecule is O=C(CCc1ccccc1)Nc1cccc(N2C(=O)CNC2=O)c1. The third-order valence-corrected chi connectivity index (χ3v) is 3.72. The highest BCUT2D eigenvalue weighted by Crippen LogP contribution is 2.21. The standard InChI is InChI=1S/C18H17N3O3/c22-16(10-9-13-5-2-1-3-6-13)20-14-7-4-8-15(11-14)21-17(23)12-19-18(21)24/h1-8,11H,9-10,12H2,(H,19,24)(H,20,22). The van der Waals surface area contributed by atoms with E-state index in [0.717, 1.165) is 10.5 Å². The predicted molar refractivity (Wildman–Crippen MR) is 90.7 cm³/mol. The smallest absolute Gasteiger partial charge is 0.328 e. The highest BCUT2D eigenvalue weighted by Gasteiger charge is 2.29. The van der Waals surface area contributed by atoms with Crippen LogP contribution < -0.4 is 15.5 Å². The van der Waals surface area contributed by atoms with Crippen LogP contribution in [0, 0.1) is 0 Å². The van der Waals surface area contributed by atoms with Crippen LogP contribution in [0.4, 0.5) is 16.2 Å². The van der Waals surface area contributed by atoms with Gasteiger partial charge >= 0.3 is 6.03 Å². The molecule has 2 N–H and O–H groups in total. The van der Waals surface area contributed by atoms with Crippen molar-refractivity contribution in [2.75, 3.05) is 16.8 Å². The van der Waals surface area contributed by atoms with Crippen LogP contribution in [0.3, 0.4) is 0 Å². The molecule has 2 aromatic carbocycles. The van der Waals surface area contributed by atoms with E-state index >= 15 is 0 Å². The molecular weight excluding hydrogens is 306 g/mol. The van der Waals surface area contributed by atoms with E-state index in [1.54, 1.807) is 24.3 Å². The second-order valence-electron chi connectivity index (χ2n) is 5.47. The molecule has 1 fully saturated rings. The van der Waals surface area contributed by atoms with E-state index in [1.165, 1.54) is 0 Å². The second kappa shape index (κ2) is 6.95. The van der Waals surface area contributed by atoms with Crippen LogP contribution in [0.1, 0.15) is 12.0 Å². The highest BCUT2D eigenvalue weighted by atomic mass is 16.2. The predicted octanol–water partition coefficient (Wildman–Crippen LogP) is 2.31. The number of nitrogens with zero attached hydrogens (tertiary/aromatic N) is 1. The molecule has 122 valence electrons. The van der Waals surface area contributed by atoms with Crippen molar-refractivity contribution in [2.45, 2.75) is 12.8 Å². The number of hydrogen-bond donors (Lipinski definition) is 2. The topological polar surface area (TPSA) is 78.5 Å². The Bertz CT molecular complexity index is 758. The Kier molecular flexibility index (Phi) is 4.56. The molecule has 0 radical (unpaired) electrons. The number of amides is 4. The van der Waals surface area contributed by atoms with Crippen LogP contribution in [-0.2, 0) is 16.0 Å². The molecule has 0 bridgehead atoms. The molecule has 1 aliphatic heterocycles. The van der Waals surface area contributed by atoms with Crippen molar-refractivity contribution in [3.05, 3.63) is 60.2 Å². The van der Waals surface area contributed by atoms with Crippen molar-refractivity contribution >= 4 is 29.2 Å². The Morgan fingerprint density at radius 3 is 2.58 bits per heavy atom. The van der Waals surface area contributed by atoms with Crippen molar-refractivity contribution in [2.24, 2.45) is 0 Å². The lowest BCUT2D eigenvalue weighted by Crippen LogP contribution is -2.30. The van der Waals surface area contributed by atoms with E-state index in [9.17, 15) is 14.4 Å². The van der Waals surface area contributed by atoms with Gasteiger partial charge in [0.1, 0.15) is 0 Å². The zero-order valence-electron chi connectivity index (χ0n) is 13.0. The number of aryl methyl sites for hydroxylation is 1. The fourth-order valence-corrected chi connectivity index (χ4v) is 2.53. The summed E-state index contributed by atoms with van der Waals surface area (Å²) in [5.74, 6) is -0.430. The van der Waals surface area contributed by atoms with E-state index < -0.39 is 6.03 Å². The third kappa shape index (κ3) is 3.60. The van der Waals surface area contributed by atoms with Crippen LogP contribution in [0.5, 0.6) is 0 Å². The first kappa shape index (κ1) is 15.7. The number of benzene rings is 2. The normalized spacial score (nSPS) is 13.8. The first-order valence-electron chi connectivity index (χ1n) is 7.68. The number of nitrogens with one attached hydrogen (secondary N) is 2. The van der Waals surface area contributed by atoms with Crippen LogP contribution in [0.2, 0.25) is 0 Å². The quantitative estimate of drug-likeness (QED) is 0.829. The molecule has 0 aliphatic carbocycles. The lowest BCUT2D eigenvalue weighted by molar-refractivity contribution is -0.116. The van der Waals surface area contributed by atoms with Crippen molar-refractivity contribution < 1.29 is 14.4 Å². The lowest BCUT2D eigenvalue weighted by Gasteiger charge is -2.14. The molecule has 0 aromatic heterocycles. The van der Waals surface area contributed by atoms with Gasteiger partial charge in [-0.05, 0) is 30.2 Å². The zero-order chi connectivity index (χ0) is 16.9. The van der Waals surface area contributed by atoms with Crippen molar-refractivity contribution in [3.63, 3.8) is 0 Å². The fourth-order valence-electron chi connectivity index (χ4n) is 2.53. The van der Waals surface area contributed by atoms with Crippen LogP contribution in [0.15, 0.2) is 54.6 Å². The van der Waals surface area contributed by atoms with Gasteiger partial charge in [-0.2, -0.15) is 0 Å². The monoisotopic (exact) mass is 323 g/mol. The molecule has 4 amide bonds. The summed E-state index contributed by atoms with van der Waals surface area (Å²) in [6.45, 7) is -0.00744. The summed E-state index contributed by atoms with van der Waals surface area (Å²) in [5.41, 5.74) is 2.09. The molecule has 0 spiro atoms. The van der Waals surface area contributed by atoms with Gasteiger partial charge in [-0.25, -0.2) is 9.69 Å². The summed E-state index contributed by atoms with van der Waals surface area (Å²) in [6, 6.07) is 16.0. The van der Waals surface area contributed by atoms with E-state index in [-0.39, 0.29) is 18.4 Å². The molecule has 6 nitrogen and oxygen atoms in total. The zero-order valence-corrected chi connectivity index (χ0v) is 13.0. The summed E-state index contributed by atoms with van der Waals surface area (Å²) in [5, 5.41) is 5.26. The first-order chi connectivity index (χ1) is 11.6. The molecular formula is C18H17N3O3. The van der Waals surface area contributed by atoms with Gasteiger partial charge in [0, 0.05) is 12.1 Å². The number of anilines is 2. The lowest BCUT2D eigenvalue weighted by atomic mass is 10.1. The van der Waals surface area contributed by atoms with Gasteiger partial charge in [-0.1, -0.05) is 36.4 Å². The van der Waals surface area contributed by atoms with Crippen LogP contribution >= 0.6 is 0 Å². The minimum Gasteiger partial charge on any atom is -0.328 e. The molecule has 0 atom stereocenters. The first-order valence-corrected chi connectivity index (χ1v) is 7.68. The molecule has 1 heterocycles. The van der Waals surface area contributed by atoms with Gasteiger partial charge in [0.2, 0.25) is 5.91 Å². The Morgan fingerprint density at radius 1 is 1.08 bits per heavy atom. The Balaban J connectivity index is 1.63. The second-order valence-corrected chi connectivity index (χ2v) is 5.47. The van der Waals surface area contributed by atoms with Crippen LogP contribution in [-0.4, -0.2) is 24.4 Å². The van der Waals surface area contributed by atoms with Gasteiger partial charge in [-0.3, -0.25) is 9.59 Å². The van der Waals surface area contributed by atoms with Gasteiger partial charge in [0.25, 0.3) is 5.91 Å². The average Bonchev–Trinajstić information content (AvgIpc) is 2.93. The summed E-state index contributed by atoms with van der Waals surface area (Å²) in [4.78, 5) is 36.6. The number of urea groups is 1. The summed E-state index contributed by atoms with van der Waals surface area (Å²) in [6.07, 6.45) is 1.01. The Morgan fingerprint density at radius 2 is 1.88 bits per heavy atom. The molecule has 2 aromatic rings. The Hall–Kier alpha value is -3.15. The molecule has 0 unspecified atom stereocenters. The maximum atomic E-state index is 12.1. The molecule has 24 heavy (non-hydrogen) atoms. The fraction of sp³-hybridized carbons (Fsp3) is 0.167. The number of imide groups is 1. The van der Waals surface area contributed by atoms with E-state index in [1.807, 2.05) is 30.3 Å². The molecule has 0 saturated carbocycles. The van der Waals surface area contributed by atoms with Gasteiger partial charge < -0.3 is 10.6 Å². The number of hydrogen-bond acceptors (Lipinski definition) is 3. The van der Waals surface area contributed by atoms with Gasteiger partial charge in [-0.15, -0.1) is 0 Å². The van der Waals surface area contributed by atoms with Crippen molar-refractivity contribution in [1.82, 2.24) is 5.32 Å². The molecule has 3 rings (SSSR count). The third-order valence-electron chi connectivity index (χ3n) is 3.72. The molecule has 1 aliphatic rings. The number of carbonyl (C=O) groups excluding carboxylic acids is 3. The summed E-state index contributed by atoms with van der Waals surface area (Å²) in [7, 11) is 0. The largest absolute Gasteiger partial charge is 0.329 e. The molecule has 6 heteroatoms. The Labute approximate surface area is 139 Å². The maximum absolute atomic E-state index is 12.1. The minimum absolute atomic E-state index is 0.00744. The summed E-state index contributed by atoms with van der Waals surface area (Å²) < 4.78 is 0. The van der Waals surface area contributed by atoms with E-state index in [2.05, 4.69) is 10.6 Å². The van der Waals surface area contributed by atoms with Gasteiger partial charge in [0.15, 0.2) is 0 Å². The maximum Gasteiger partial charge on any atom is 0.329 e. The van der Waals surface area contributed by atoms with Crippen molar-refractivity contribution in [3.8, 4) is 0 Å². The molecule has 1 saturated heterocycles. The number of rotatable bonds is 5. The number of carbonyl (C=O) groups is 3. The van der Waals surface area contributed by atoms with Gasteiger partial charge in [0.05, 0.1) is 12.2 Å².